The highest BCUT2D eigenvalue weighted by molar-refractivity contribution is 5.69. The van der Waals surface area contributed by atoms with Gasteiger partial charge >= 0.3 is 5.97 Å². The third-order valence-electron chi connectivity index (χ3n) is 3.55. The van der Waals surface area contributed by atoms with Gasteiger partial charge in [0.2, 0.25) is 0 Å². The van der Waals surface area contributed by atoms with E-state index in [1.807, 2.05) is 19.1 Å². The second kappa shape index (κ2) is 10.4. The number of ether oxygens (including phenoxy) is 1. The average Bonchev–Trinajstić information content (AvgIpc) is 2.48. The van der Waals surface area contributed by atoms with Crippen LogP contribution >= 0.6 is 0 Å². The second-order valence-electron chi connectivity index (χ2n) is 5.75. The lowest BCUT2D eigenvalue weighted by molar-refractivity contribution is -0.147. The maximum absolute atomic E-state index is 11.3. The normalized spacial score (nSPS) is 12.4. The molecule has 0 spiro atoms. The lowest BCUT2D eigenvalue weighted by Crippen LogP contribution is -2.35. The fraction of sp³-hybridized carbons (Fsp3) is 0.611. The maximum Gasteiger partial charge on any atom is 0.305 e. The molecular formula is C18H29NO3. The lowest BCUT2D eigenvalue weighted by Gasteiger charge is -2.25. The van der Waals surface area contributed by atoms with E-state index in [2.05, 4.69) is 30.9 Å². The summed E-state index contributed by atoms with van der Waals surface area (Å²) in [6, 6.07) is 8.29. The van der Waals surface area contributed by atoms with Crippen LogP contribution in [-0.2, 0) is 16.1 Å². The number of carbonyl (C=O) groups excluding carboxylic acids is 1. The summed E-state index contributed by atoms with van der Waals surface area (Å²) in [7, 11) is 0. The van der Waals surface area contributed by atoms with Gasteiger partial charge in [-0.3, -0.25) is 9.69 Å². The third-order valence-corrected chi connectivity index (χ3v) is 3.55. The summed E-state index contributed by atoms with van der Waals surface area (Å²) in [4.78, 5) is 13.6. The summed E-state index contributed by atoms with van der Waals surface area (Å²) in [6.45, 7) is 8.47. The van der Waals surface area contributed by atoms with E-state index >= 15 is 0 Å². The molecule has 0 aliphatic heterocycles. The van der Waals surface area contributed by atoms with Gasteiger partial charge in [0.05, 0.1) is 0 Å². The smallest absolute Gasteiger partial charge is 0.305 e. The SMILES string of the molecule is CCCC(=O)OCC(O)CN(CCC)Cc1ccccc1C. The van der Waals surface area contributed by atoms with Crippen LogP contribution in [0, 0.1) is 6.92 Å². The molecule has 124 valence electrons. The number of hydrogen-bond acceptors (Lipinski definition) is 4. The molecule has 0 heterocycles. The number of aliphatic hydroxyl groups is 1. The molecule has 1 rings (SSSR count). The molecule has 1 N–H and O–H groups in total. The molecule has 0 aromatic heterocycles. The van der Waals surface area contributed by atoms with Crippen LogP contribution in [0.1, 0.15) is 44.2 Å². The minimum atomic E-state index is -0.642. The van der Waals surface area contributed by atoms with E-state index in [0.717, 1.165) is 25.9 Å². The Morgan fingerprint density at radius 3 is 2.64 bits per heavy atom. The molecule has 1 unspecified atom stereocenters. The summed E-state index contributed by atoms with van der Waals surface area (Å²) in [5.41, 5.74) is 2.53. The van der Waals surface area contributed by atoms with Gasteiger partial charge in [0, 0.05) is 19.5 Å². The van der Waals surface area contributed by atoms with E-state index in [-0.39, 0.29) is 12.6 Å². The van der Waals surface area contributed by atoms with Crippen LogP contribution in [0.2, 0.25) is 0 Å². The number of benzene rings is 1. The summed E-state index contributed by atoms with van der Waals surface area (Å²) < 4.78 is 5.08. The van der Waals surface area contributed by atoms with Gasteiger partial charge < -0.3 is 9.84 Å². The van der Waals surface area contributed by atoms with Crippen molar-refractivity contribution in [2.24, 2.45) is 0 Å². The van der Waals surface area contributed by atoms with Gasteiger partial charge in [-0.05, 0) is 37.4 Å². The molecule has 0 fully saturated rings. The van der Waals surface area contributed by atoms with Crippen molar-refractivity contribution in [2.75, 3.05) is 19.7 Å². The number of hydrogen-bond donors (Lipinski definition) is 1. The van der Waals surface area contributed by atoms with Crippen LogP contribution in [0.4, 0.5) is 0 Å². The predicted octanol–water partition coefficient (Wildman–Crippen LogP) is 2.91. The molecule has 22 heavy (non-hydrogen) atoms. The fourth-order valence-electron chi connectivity index (χ4n) is 2.40. The molecule has 0 radical (unpaired) electrons. The van der Waals surface area contributed by atoms with Gasteiger partial charge in [-0.15, -0.1) is 0 Å². The first-order valence-electron chi connectivity index (χ1n) is 8.17. The van der Waals surface area contributed by atoms with Gasteiger partial charge in [-0.25, -0.2) is 0 Å². The molecule has 0 aliphatic rings. The summed E-state index contributed by atoms with van der Waals surface area (Å²) >= 11 is 0. The predicted molar refractivity (Wildman–Crippen MR) is 88.6 cm³/mol. The lowest BCUT2D eigenvalue weighted by atomic mass is 10.1. The van der Waals surface area contributed by atoms with Crippen LogP contribution in [0.5, 0.6) is 0 Å². The Balaban J connectivity index is 2.49. The van der Waals surface area contributed by atoms with Crippen LogP contribution in [-0.4, -0.2) is 41.8 Å². The van der Waals surface area contributed by atoms with Crippen molar-refractivity contribution in [1.82, 2.24) is 4.90 Å². The van der Waals surface area contributed by atoms with Crippen molar-refractivity contribution >= 4 is 5.97 Å². The number of rotatable bonds is 10. The van der Waals surface area contributed by atoms with Crippen molar-refractivity contribution < 1.29 is 14.6 Å². The van der Waals surface area contributed by atoms with Gasteiger partial charge in [-0.1, -0.05) is 38.1 Å². The highest BCUT2D eigenvalue weighted by atomic mass is 16.5. The van der Waals surface area contributed by atoms with Crippen molar-refractivity contribution in [3.63, 3.8) is 0 Å². The van der Waals surface area contributed by atoms with Gasteiger partial charge in [0.25, 0.3) is 0 Å². The number of nitrogens with zero attached hydrogens (tertiary/aromatic N) is 1. The third kappa shape index (κ3) is 7.05. The van der Waals surface area contributed by atoms with Crippen LogP contribution in [0.25, 0.3) is 0 Å². The number of esters is 1. The molecule has 1 aromatic carbocycles. The number of aliphatic hydroxyl groups excluding tert-OH is 1. The molecule has 4 nitrogen and oxygen atoms in total. The highest BCUT2D eigenvalue weighted by Gasteiger charge is 2.14. The Morgan fingerprint density at radius 1 is 1.27 bits per heavy atom. The molecule has 0 saturated carbocycles. The molecule has 0 aliphatic carbocycles. The minimum absolute atomic E-state index is 0.0762. The Kier molecular flexibility index (Phi) is 8.78. The largest absolute Gasteiger partial charge is 0.463 e. The van der Waals surface area contributed by atoms with E-state index in [1.165, 1.54) is 11.1 Å². The zero-order valence-electron chi connectivity index (χ0n) is 14.0. The summed E-state index contributed by atoms with van der Waals surface area (Å²) in [5.74, 6) is -0.234. The van der Waals surface area contributed by atoms with Crippen LogP contribution < -0.4 is 0 Å². The molecule has 0 amide bonds. The zero-order valence-corrected chi connectivity index (χ0v) is 14.0. The fourth-order valence-corrected chi connectivity index (χ4v) is 2.40. The molecule has 0 bridgehead atoms. The molecule has 1 atom stereocenters. The number of aryl methyl sites for hydroxylation is 1. The summed E-state index contributed by atoms with van der Waals surface area (Å²) in [5, 5.41) is 10.1. The summed E-state index contributed by atoms with van der Waals surface area (Å²) in [6.07, 6.45) is 1.56. The van der Waals surface area contributed by atoms with E-state index in [1.54, 1.807) is 0 Å². The van der Waals surface area contributed by atoms with Crippen LogP contribution in [0.3, 0.4) is 0 Å². The quantitative estimate of drug-likeness (QED) is 0.675. The first-order chi connectivity index (χ1) is 10.6. The van der Waals surface area contributed by atoms with E-state index < -0.39 is 6.10 Å². The van der Waals surface area contributed by atoms with Gasteiger partial charge in [0.15, 0.2) is 0 Å². The molecule has 0 saturated heterocycles. The Bertz CT molecular complexity index is 448. The Labute approximate surface area is 134 Å². The maximum atomic E-state index is 11.3. The second-order valence-corrected chi connectivity index (χ2v) is 5.75. The van der Waals surface area contributed by atoms with Gasteiger partial charge in [0.1, 0.15) is 12.7 Å². The van der Waals surface area contributed by atoms with Crippen LogP contribution in [0.15, 0.2) is 24.3 Å². The minimum Gasteiger partial charge on any atom is -0.463 e. The standard InChI is InChI=1S/C18H29NO3/c1-4-8-18(21)22-14-17(20)13-19(11-5-2)12-16-10-7-6-9-15(16)3/h6-7,9-10,17,20H,4-5,8,11-14H2,1-3H3. The average molecular weight is 307 g/mol. The zero-order chi connectivity index (χ0) is 16.4. The Morgan fingerprint density at radius 2 is 2.00 bits per heavy atom. The van der Waals surface area contributed by atoms with Crippen molar-refractivity contribution in [3.8, 4) is 0 Å². The van der Waals surface area contributed by atoms with E-state index in [4.69, 9.17) is 4.74 Å². The monoisotopic (exact) mass is 307 g/mol. The van der Waals surface area contributed by atoms with E-state index in [0.29, 0.717) is 13.0 Å². The number of carbonyl (C=O) groups is 1. The van der Waals surface area contributed by atoms with Gasteiger partial charge in [-0.2, -0.15) is 0 Å². The first kappa shape index (κ1) is 18.7. The van der Waals surface area contributed by atoms with Crippen molar-refractivity contribution in [2.45, 2.75) is 52.7 Å². The van der Waals surface area contributed by atoms with Crippen molar-refractivity contribution in [3.05, 3.63) is 35.4 Å². The highest BCUT2D eigenvalue weighted by Crippen LogP contribution is 2.11. The first-order valence-corrected chi connectivity index (χ1v) is 8.17. The molecular weight excluding hydrogens is 278 g/mol. The Hall–Kier alpha value is -1.39. The van der Waals surface area contributed by atoms with E-state index in [9.17, 15) is 9.90 Å². The molecule has 4 heteroatoms. The molecule has 1 aromatic rings. The topological polar surface area (TPSA) is 49.8 Å². The van der Waals surface area contributed by atoms with Crippen molar-refractivity contribution in [1.29, 1.82) is 0 Å².